The van der Waals surface area contributed by atoms with E-state index in [0.717, 1.165) is 19.3 Å². The maximum atomic E-state index is 11.8. The van der Waals surface area contributed by atoms with Gasteiger partial charge in [-0.25, -0.2) is 0 Å². The van der Waals surface area contributed by atoms with Gasteiger partial charge in [0.15, 0.2) is 0 Å². The molecule has 15 heavy (non-hydrogen) atoms. The maximum absolute atomic E-state index is 11.8. The number of nitrogens with zero attached hydrogens (tertiary/aromatic N) is 1. The number of amides is 2. The third-order valence-corrected chi connectivity index (χ3v) is 2.81. The van der Waals surface area contributed by atoms with E-state index in [9.17, 15) is 9.59 Å². The molecule has 0 aliphatic carbocycles. The van der Waals surface area contributed by atoms with E-state index in [1.807, 2.05) is 0 Å². The Morgan fingerprint density at radius 3 is 2.93 bits per heavy atom. The standard InChI is InChI=1S/C11H20N2O2/c1-3-4-5-6-10(14)13-8-7-12-11(15)9(13)2/h9H,3-8H2,1-2H3,(H,12,15). The molecule has 1 heterocycles. The number of hydrogen-bond acceptors (Lipinski definition) is 2. The number of rotatable bonds is 4. The number of hydrogen-bond donors (Lipinski definition) is 1. The Labute approximate surface area is 91.0 Å². The fraction of sp³-hybridized carbons (Fsp3) is 0.818. The van der Waals surface area contributed by atoms with Crippen molar-refractivity contribution >= 4 is 11.8 Å². The smallest absolute Gasteiger partial charge is 0.242 e. The minimum atomic E-state index is -0.298. The highest BCUT2D eigenvalue weighted by molar-refractivity contribution is 5.88. The van der Waals surface area contributed by atoms with Crippen LogP contribution in [0.15, 0.2) is 0 Å². The Morgan fingerprint density at radius 2 is 2.27 bits per heavy atom. The second-order valence-corrected chi connectivity index (χ2v) is 4.01. The van der Waals surface area contributed by atoms with Crippen LogP contribution in [-0.4, -0.2) is 35.8 Å². The van der Waals surface area contributed by atoms with Gasteiger partial charge in [-0.2, -0.15) is 0 Å². The van der Waals surface area contributed by atoms with Gasteiger partial charge in [0, 0.05) is 19.5 Å². The lowest BCUT2D eigenvalue weighted by Gasteiger charge is -2.32. The predicted octanol–water partition coefficient (Wildman–Crippen LogP) is 0.914. The van der Waals surface area contributed by atoms with Crippen LogP contribution < -0.4 is 5.32 Å². The van der Waals surface area contributed by atoms with Gasteiger partial charge in [-0.3, -0.25) is 9.59 Å². The second kappa shape index (κ2) is 5.73. The van der Waals surface area contributed by atoms with Crippen molar-refractivity contribution in [1.82, 2.24) is 10.2 Å². The molecule has 1 aliphatic rings. The van der Waals surface area contributed by atoms with Crippen molar-refractivity contribution in [2.45, 2.75) is 45.6 Å². The van der Waals surface area contributed by atoms with Crippen LogP contribution in [0.2, 0.25) is 0 Å². The highest BCUT2D eigenvalue weighted by Gasteiger charge is 2.28. The molecule has 0 saturated carbocycles. The van der Waals surface area contributed by atoms with Crippen LogP contribution in [0, 0.1) is 0 Å². The Kier molecular flexibility index (Phi) is 4.59. The molecule has 4 heteroatoms. The summed E-state index contributed by atoms with van der Waals surface area (Å²) in [5.41, 5.74) is 0. The molecule has 1 aliphatic heterocycles. The molecule has 1 atom stereocenters. The molecule has 0 aromatic carbocycles. The average Bonchev–Trinajstić information content (AvgIpc) is 2.22. The van der Waals surface area contributed by atoms with Crippen molar-refractivity contribution in [3.63, 3.8) is 0 Å². The van der Waals surface area contributed by atoms with E-state index in [1.165, 1.54) is 0 Å². The number of carbonyl (C=O) groups is 2. The van der Waals surface area contributed by atoms with Gasteiger partial charge in [0.1, 0.15) is 6.04 Å². The Hall–Kier alpha value is -1.06. The van der Waals surface area contributed by atoms with Gasteiger partial charge in [0.05, 0.1) is 0 Å². The van der Waals surface area contributed by atoms with Crippen LogP contribution in [0.1, 0.15) is 39.5 Å². The van der Waals surface area contributed by atoms with Crippen molar-refractivity contribution in [1.29, 1.82) is 0 Å². The Balaban J connectivity index is 2.40. The van der Waals surface area contributed by atoms with Gasteiger partial charge in [0.25, 0.3) is 0 Å². The number of nitrogens with one attached hydrogen (secondary N) is 1. The zero-order chi connectivity index (χ0) is 11.3. The molecule has 0 bridgehead atoms. The van der Waals surface area contributed by atoms with E-state index >= 15 is 0 Å². The van der Waals surface area contributed by atoms with Crippen molar-refractivity contribution in [2.24, 2.45) is 0 Å². The monoisotopic (exact) mass is 212 g/mol. The summed E-state index contributed by atoms with van der Waals surface area (Å²) in [5.74, 6) is 0.0795. The Morgan fingerprint density at radius 1 is 1.53 bits per heavy atom. The summed E-state index contributed by atoms with van der Waals surface area (Å²) < 4.78 is 0. The van der Waals surface area contributed by atoms with Crippen LogP contribution in [-0.2, 0) is 9.59 Å². The molecule has 2 amide bonds. The van der Waals surface area contributed by atoms with Gasteiger partial charge >= 0.3 is 0 Å². The van der Waals surface area contributed by atoms with E-state index in [0.29, 0.717) is 19.5 Å². The number of carbonyl (C=O) groups excluding carboxylic acids is 2. The van der Waals surface area contributed by atoms with Crippen LogP contribution in [0.5, 0.6) is 0 Å². The Bertz CT molecular complexity index is 241. The van der Waals surface area contributed by atoms with Crippen LogP contribution in [0.4, 0.5) is 0 Å². The maximum Gasteiger partial charge on any atom is 0.242 e. The third kappa shape index (κ3) is 3.22. The zero-order valence-electron chi connectivity index (χ0n) is 9.58. The largest absolute Gasteiger partial charge is 0.353 e. The minimum Gasteiger partial charge on any atom is -0.353 e. The highest BCUT2D eigenvalue weighted by atomic mass is 16.2. The zero-order valence-corrected chi connectivity index (χ0v) is 9.58. The first-order valence-electron chi connectivity index (χ1n) is 5.74. The number of unbranched alkanes of at least 4 members (excludes halogenated alkanes) is 2. The van der Waals surface area contributed by atoms with E-state index in [-0.39, 0.29) is 17.9 Å². The molecule has 0 spiro atoms. The first-order valence-corrected chi connectivity index (χ1v) is 5.74. The van der Waals surface area contributed by atoms with Crippen LogP contribution in [0.25, 0.3) is 0 Å². The van der Waals surface area contributed by atoms with E-state index < -0.39 is 0 Å². The molecule has 0 aromatic rings. The fourth-order valence-corrected chi connectivity index (χ4v) is 1.79. The quantitative estimate of drug-likeness (QED) is 0.704. The molecule has 1 rings (SSSR count). The fourth-order valence-electron chi connectivity index (χ4n) is 1.79. The van der Waals surface area contributed by atoms with Gasteiger partial charge in [0.2, 0.25) is 11.8 Å². The highest BCUT2D eigenvalue weighted by Crippen LogP contribution is 2.09. The normalized spacial score (nSPS) is 21.3. The first-order chi connectivity index (χ1) is 7.16. The predicted molar refractivity (Wildman–Crippen MR) is 58.3 cm³/mol. The van der Waals surface area contributed by atoms with E-state index in [1.54, 1.807) is 11.8 Å². The summed E-state index contributed by atoms with van der Waals surface area (Å²) in [6.07, 6.45) is 3.70. The molecule has 86 valence electrons. The molecule has 1 fully saturated rings. The van der Waals surface area contributed by atoms with E-state index in [4.69, 9.17) is 0 Å². The molecule has 1 saturated heterocycles. The van der Waals surface area contributed by atoms with Crippen LogP contribution >= 0.6 is 0 Å². The van der Waals surface area contributed by atoms with Crippen molar-refractivity contribution in [2.75, 3.05) is 13.1 Å². The summed E-state index contributed by atoms with van der Waals surface area (Å²) in [4.78, 5) is 24.8. The molecular formula is C11H20N2O2. The molecule has 0 radical (unpaired) electrons. The second-order valence-electron chi connectivity index (χ2n) is 4.01. The lowest BCUT2D eigenvalue weighted by atomic mass is 10.1. The summed E-state index contributed by atoms with van der Waals surface area (Å²) in [5, 5.41) is 2.75. The third-order valence-electron chi connectivity index (χ3n) is 2.81. The first kappa shape index (κ1) is 12.0. The van der Waals surface area contributed by atoms with Gasteiger partial charge in [-0.15, -0.1) is 0 Å². The summed E-state index contributed by atoms with van der Waals surface area (Å²) >= 11 is 0. The molecule has 0 aromatic heterocycles. The lowest BCUT2D eigenvalue weighted by Crippen LogP contribution is -2.55. The molecule has 1 N–H and O–H groups in total. The van der Waals surface area contributed by atoms with Gasteiger partial charge in [-0.1, -0.05) is 19.8 Å². The molecule has 4 nitrogen and oxygen atoms in total. The van der Waals surface area contributed by atoms with Crippen molar-refractivity contribution in [3.05, 3.63) is 0 Å². The number of piperazine rings is 1. The summed E-state index contributed by atoms with van der Waals surface area (Å²) in [7, 11) is 0. The van der Waals surface area contributed by atoms with Gasteiger partial charge < -0.3 is 10.2 Å². The van der Waals surface area contributed by atoms with Gasteiger partial charge in [-0.05, 0) is 13.3 Å². The lowest BCUT2D eigenvalue weighted by molar-refractivity contribution is -0.142. The molecule has 1 unspecified atom stereocenters. The summed E-state index contributed by atoms with van der Waals surface area (Å²) in [6.45, 7) is 5.13. The topological polar surface area (TPSA) is 49.4 Å². The van der Waals surface area contributed by atoms with Crippen molar-refractivity contribution in [3.8, 4) is 0 Å². The summed E-state index contributed by atoms with van der Waals surface area (Å²) in [6, 6.07) is -0.298. The minimum absolute atomic E-state index is 0.0370. The average molecular weight is 212 g/mol. The molecular weight excluding hydrogens is 192 g/mol. The van der Waals surface area contributed by atoms with E-state index in [2.05, 4.69) is 12.2 Å². The SMILES string of the molecule is CCCCCC(=O)N1CCNC(=O)C1C. The van der Waals surface area contributed by atoms with Crippen LogP contribution in [0.3, 0.4) is 0 Å². The van der Waals surface area contributed by atoms with Crippen molar-refractivity contribution < 1.29 is 9.59 Å².